The van der Waals surface area contributed by atoms with Crippen LogP contribution < -0.4 is 10.2 Å². The second kappa shape index (κ2) is 7.65. The first kappa shape index (κ1) is 19.8. The quantitative estimate of drug-likeness (QED) is 0.416. The van der Waals surface area contributed by atoms with E-state index in [0.717, 1.165) is 65.1 Å². The van der Waals surface area contributed by atoms with E-state index in [1.165, 1.54) is 25.7 Å². The summed E-state index contributed by atoms with van der Waals surface area (Å²) >= 11 is 0. The zero-order valence-electron chi connectivity index (χ0n) is 19.0. The van der Waals surface area contributed by atoms with E-state index in [1.807, 2.05) is 24.3 Å². The Morgan fingerprint density at radius 1 is 1.03 bits per heavy atom. The monoisotopic (exact) mass is 429 g/mol. The molecule has 1 N–H and O–H groups in total. The summed E-state index contributed by atoms with van der Waals surface area (Å²) < 4.78 is 5.94. The van der Waals surface area contributed by atoms with E-state index in [1.54, 1.807) is 0 Å². The molecule has 0 bridgehead atoms. The predicted molar refractivity (Wildman–Crippen MR) is 129 cm³/mol. The number of carbonyl (C=O) groups is 1. The third kappa shape index (κ3) is 3.13. The molecule has 2 aliphatic carbocycles. The minimum absolute atomic E-state index is 0.0755. The van der Waals surface area contributed by atoms with Crippen LogP contribution in [0.15, 0.2) is 34.9 Å². The Kier molecular flexibility index (Phi) is 4.74. The fourth-order valence-electron chi connectivity index (χ4n) is 6.22. The lowest BCUT2D eigenvalue weighted by atomic mass is 9.85. The van der Waals surface area contributed by atoms with Crippen molar-refractivity contribution < 1.29 is 9.32 Å². The molecule has 5 heteroatoms. The maximum atomic E-state index is 13.7. The van der Waals surface area contributed by atoms with E-state index in [-0.39, 0.29) is 5.78 Å². The van der Waals surface area contributed by atoms with Gasteiger partial charge >= 0.3 is 0 Å². The Hall–Kier alpha value is -2.82. The number of rotatable bonds is 3. The Morgan fingerprint density at radius 3 is 2.50 bits per heavy atom. The Bertz CT molecular complexity index is 1180. The van der Waals surface area contributed by atoms with Crippen molar-refractivity contribution in [3.63, 3.8) is 0 Å². The molecule has 2 atom stereocenters. The van der Waals surface area contributed by atoms with Crippen LogP contribution in [0.4, 0.5) is 11.4 Å². The number of nitrogens with one attached hydrogen (secondary N) is 1. The number of piperidine rings is 1. The van der Waals surface area contributed by atoms with E-state index >= 15 is 0 Å². The zero-order valence-corrected chi connectivity index (χ0v) is 19.0. The average Bonchev–Trinajstić information content (AvgIpc) is 3.23. The third-order valence-corrected chi connectivity index (χ3v) is 7.55. The van der Waals surface area contributed by atoms with Crippen molar-refractivity contribution in [1.29, 1.82) is 0 Å². The Labute approximate surface area is 189 Å². The Balaban J connectivity index is 1.56. The van der Waals surface area contributed by atoms with Crippen molar-refractivity contribution in [2.75, 3.05) is 23.3 Å². The molecule has 3 aromatic rings. The van der Waals surface area contributed by atoms with Crippen molar-refractivity contribution in [2.24, 2.45) is 11.8 Å². The molecule has 1 aromatic heterocycles. The number of hydrogen-bond donors (Lipinski definition) is 1. The standard InChI is InChI=1S/C27H31N3O2/c1-16-12-17(2)15-30(14-16)22-13-21(28-18-8-4-3-5-9-18)23-24-25(22)29-32-27(24)20-11-7-6-10-19(20)26(23)31/h6-7,10-11,13,16-18,28H,3-5,8-9,12,14-15H2,1-2H3. The van der Waals surface area contributed by atoms with Gasteiger partial charge in [0.1, 0.15) is 5.52 Å². The number of hydrogen-bond acceptors (Lipinski definition) is 5. The van der Waals surface area contributed by atoms with Crippen LogP contribution in [0, 0.1) is 11.8 Å². The molecule has 3 aliphatic rings. The smallest absolute Gasteiger partial charge is 0.196 e. The highest BCUT2D eigenvalue weighted by atomic mass is 16.5. The van der Waals surface area contributed by atoms with Crippen molar-refractivity contribution in [1.82, 2.24) is 5.16 Å². The van der Waals surface area contributed by atoms with E-state index in [0.29, 0.717) is 23.4 Å². The normalized spacial score (nSPS) is 23.4. The predicted octanol–water partition coefficient (Wildman–Crippen LogP) is 6.27. The van der Waals surface area contributed by atoms with Gasteiger partial charge in [0.15, 0.2) is 11.5 Å². The van der Waals surface area contributed by atoms with Crippen LogP contribution in [0.2, 0.25) is 0 Å². The van der Waals surface area contributed by atoms with E-state index in [4.69, 9.17) is 4.52 Å². The van der Waals surface area contributed by atoms with Gasteiger partial charge in [0.25, 0.3) is 0 Å². The van der Waals surface area contributed by atoms with E-state index in [2.05, 4.69) is 35.3 Å². The van der Waals surface area contributed by atoms with E-state index in [9.17, 15) is 4.79 Å². The molecule has 32 heavy (non-hydrogen) atoms. The highest BCUT2D eigenvalue weighted by Crippen LogP contribution is 2.46. The number of nitrogens with zero attached hydrogens (tertiary/aromatic N) is 2. The SMILES string of the molecule is CC1CC(C)CN(c2cc(NC3CCCCC3)c3c4c(onc24)-c2ccccc2C3=O)C1. The summed E-state index contributed by atoms with van der Waals surface area (Å²) in [5, 5.41) is 9.21. The lowest BCUT2D eigenvalue weighted by molar-refractivity contribution is 0.104. The zero-order chi connectivity index (χ0) is 21.8. The molecular weight excluding hydrogens is 398 g/mol. The summed E-state index contributed by atoms with van der Waals surface area (Å²) in [6.07, 6.45) is 7.37. The fraction of sp³-hybridized carbons (Fsp3) is 0.481. The van der Waals surface area contributed by atoms with Gasteiger partial charge in [-0.2, -0.15) is 0 Å². The molecule has 5 nitrogen and oxygen atoms in total. The number of carbonyl (C=O) groups excluding carboxylic acids is 1. The summed E-state index contributed by atoms with van der Waals surface area (Å²) in [5.74, 6) is 2.07. The maximum Gasteiger partial charge on any atom is 0.196 e. The summed E-state index contributed by atoms with van der Waals surface area (Å²) in [6.45, 7) is 6.67. The number of ketones is 1. The lowest BCUT2D eigenvalue weighted by Crippen LogP contribution is -2.39. The molecule has 166 valence electrons. The van der Waals surface area contributed by atoms with Crippen LogP contribution >= 0.6 is 0 Å². The molecule has 2 unspecified atom stereocenters. The van der Waals surface area contributed by atoms with Crippen LogP contribution in [-0.2, 0) is 0 Å². The van der Waals surface area contributed by atoms with Crippen molar-refractivity contribution in [2.45, 2.75) is 58.4 Å². The second-order valence-electron chi connectivity index (χ2n) is 10.3. The first-order valence-electron chi connectivity index (χ1n) is 12.2. The maximum absolute atomic E-state index is 13.7. The van der Waals surface area contributed by atoms with Gasteiger partial charge in [-0.15, -0.1) is 0 Å². The first-order chi connectivity index (χ1) is 15.6. The average molecular weight is 430 g/mol. The molecule has 1 saturated heterocycles. The molecule has 2 aromatic carbocycles. The molecule has 0 spiro atoms. The summed E-state index contributed by atoms with van der Waals surface area (Å²) in [7, 11) is 0. The molecule has 2 heterocycles. The molecule has 0 amide bonds. The highest BCUT2D eigenvalue weighted by molar-refractivity contribution is 6.28. The van der Waals surface area contributed by atoms with Crippen molar-refractivity contribution >= 4 is 28.1 Å². The molecule has 2 fully saturated rings. The van der Waals surface area contributed by atoms with Crippen LogP contribution in [0.25, 0.3) is 22.2 Å². The summed E-state index contributed by atoms with van der Waals surface area (Å²) in [5.41, 5.74) is 5.18. The molecule has 6 rings (SSSR count). The van der Waals surface area contributed by atoms with Crippen LogP contribution in [-0.4, -0.2) is 30.1 Å². The van der Waals surface area contributed by atoms with Gasteiger partial charge in [-0.3, -0.25) is 4.79 Å². The second-order valence-corrected chi connectivity index (χ2v) is 10.3. The van der Waals surface area contributed by atoms with Gasteiger partial charge in [-0.1, -0.05) is 62.5 Å². The largest absolute Gasteiger partial charge is 0.382 e. The topological polar surface area (TPSA) is 58.4 Å². The van der Waals surface area contributed by atoms with Crippen LogP contribution in [0.3, 0.4) is 0 Å². The summed E-state index contributed by atoms with van der Waals surface area (Å²) in [4.78, 5) is 16.2. The summed E-state index contributed by atoms with van der Waals surface area (Å²) in [6, 6.07) is 10.4. The van der Waals surface area contributed by atoms with Gasteiger partial charge in [-0.25, -0.2) is 0 Å². The molecular formula is C27H31N3O2. The van der Waals surface area contributed by atoms with Crippen LogP contribution in [0.1, 0.15) is 68.3 Å². The van der Waals surface area contributed by atoms with E-state index < -0.39 is 0 Å². The fourth-order valence-corrected chi connectivity index (χ4v) is 6.22. The minimum atomic E-state index is 0.0755. The van der Waals surface area contributed by atoms with Gasteiger partial charge in [0, 0.05) is 35.9 Å². The first-order valence-corrected chi connectivity index (χ1v) is 12.2. The lowest BCUT2D eigenvalue weighted by Gasteiger charge is -2.37. The van der Waals surface area contributed by atoms with Gasteiger partial charge in [0.05, 0.1) is 16.6 Å². The van der Waals surface area contributed by atoms with Gasteiger partial charge in [-0.05, 0) is 37.2 Å². The number of fused-ring (bicyclic) bond motifs is 2. The van der Waals surface area contributed by atoms with Crippen molar-refractivity contribution in [3.05, 3.63) is 41.5 Å². The minimum Gasteiger partial charge on any atom is -0.382 e. The third-order valence-electron chi connectivity index (χ3n) is 7.55. The van der Waals surface area contributed by atoms with Gasteiger partial charge in [0.2, 0.25) is 0 Å². The molecule has 0 radical (unpaired) electrons. The molecule has 1 saturated carbocycles. The number of aromatic nitrogens is 1. The molecule has 1 aliphatic heterocycles. The Morgan fingerprint density at radius 2 is 1.75 bits per heavy atom. The van der Waals surface area contributed by atoms with Crippen molar-refractivity contribution in [3.8, 4) is 11.3 Å². The number of benzene rings is 2. The van der Waals surface area contributed by atoms with Crippen LogP contribution in [0.5, 0.6) is 0 Å². The number of anilines is 2. The highest BCUT2D eigenvalue weighted by Gasteiger charge is 2.35. The van der Waals surface area contributed by atoms with Gasteiger partial charge < -0.3 is 14.7 Å².